The summed E-state index contributed by atoms with van der Waals surface area (Å²) in [4.78, 5) is 24.2. The summed E-state index contributed by atoms with van der Waals surface area (Å²) in [6.07, 6.45) is 4.37. The van der Waals surface area contributed by atoms with Crippen LogP contribution in [-0.2, 0) is 9.59 Å². The van der Waals surface area contributed by atoms with Crippen LogP contribution < -0.4 is 16.4 Å². The molecule has 24 heavy (non-hydrogen) atoms. The predicted octanol–water partition coefficient (Wildman–Crippen LogP) is 2.55. The first-order valence-electron chi connectivity index (χ1n) is 8.63. The van der Waals surface area contributed by atoms with E-state index in [1.807, 2.05) is 0 Å². The molecule has 4 unspecified atom stereocenters. The second kappa shape index (κ2) is 7.53. The number of fused-ring (bicyclic) bond motifs is 2. The Morgan fingerprint density at radius 3 is 2.54 bits per heavy atom. The number of hydrogen-bond acceptors (Lipinski definition) is 3. The molecule has 0 radical (unpaired) electrons. The monoisotopic (exact) mass is 349 g/mol. The Kier molecular flexibility index (Phi) is 5.41. The molecule has 4 atom stereocenters. The molecule has 2 saturated carbocycles. The van der Waals surface area contributed by atoms with E-state index in [1.165, 1.54) is 6.42 Å². The average Bonchev–Trinajstić information content (AvgIpc) is 3.14. The van der Waals surface area contributed by atoms with Crippen molar-refractivity contribution in [1.29, 1.82) is 0 Å². The van der Waals surface area contributed by atoms with Gasteiger partial charge < -0.3 is 16.4 Å². The summed E-state index contributed by atoms with van der Waals surface area (Å²) in [6.45, 7) is 0.507. The summed E-state index contributed by atoms with van der Waals surface area (Å²) in [5.74, 6) is 0.941. The zero-order valence-corrected chi connectivity index (χ0v) is 14.4. The Balaban J connectivity index is 1.35. The lowest BCUT2D eigenvalue weighted by molar-refractivity contribution is -0.127. The van der Waals surface area contributed by atoms with Gasteiger partial charge in [-0.25, -0.2) is 0 Å². The van der Waals surface area contributed by atoms with Gasteiger partial charge in [0, 0.05) is 29.7 Å². The van der Waals surface area contributed by atoms with Crippen molar-refractivity contribution in [3.8, 4) is 0 Å². The number of amides is 2. The third-order valence-corrected chi connectivity index (χ3v) is 5.54. The van der Waals surface area contributed by atoms with Crippen LogP contribution in [-0.4, -0.2) is 24.4 Å². The Morgan fingerprint density at radius 1 is 1.17 bits per heavy atom. The van der Waals surface area contributed by atoms with E-state index in [1.54, 1.807) is 24.3 Å². The molecule has 130 valence electrons. The van der Waals surface area contributed by atoms with Gasteiger partial charge in [-0.1, -0.05) is 11.6 Å². The number of benzene rings is 1. The number of nitrogens with two attached hydrogens (primary N) is 1. The van der Waals surface area contributed by atoms with Crippen LogP contribution in [0.2, 0.25) is 5.02 Å². The van der Waals surface area contributed by atoms with Gasteiger partial charge in [-0.2, -0.15) is 0 Å². The molecule has 2 aliphatic carbocycles. The molecule has 0 heterocycles. The van der Waals surface area contributed by atoms with Gasteiger partial charge in [0.25, 0.3) is 0 Å². The van der Waals surface area contributed by atoms with Crippen LogP contribution in [0.3, 0.4) is 0 Å². The van der Waals surface area contributed by atoms with Crippen molar-refractivity contribution in [2.45, 2.75) is 38.1 Å². The third-order valence-electron chi connectivity index (χ3n) is 5.29. The summed E-state index contributed by atoms with van der Waals surface area (Å²) in [7, 11) is 0. The highest BCUT2D eigenvalue weighted by Crippen LogP contribution is 2.47. The number of anilines is 1. The van der Waals surface area contributed by atoms with Crippen molar-refractivity contribution in [2.75, 3.05) is 11.9 Å². The minimum absolute atomic E-state index is 0.0111. The summed E-state index contributed by atoms with van der Waals surface area (Å²) >= 11 is 5.81. The van der Waals surface area contributed by atoms with Gasteiger partial charge in [-0.3, -0.25) is 9.59 Å². The lowest BCUT2D eigenvalue weighted by Crippen LogP contribution is -2.45. The molecule has 0 aromatic heterocycles. The van der Waals surface area contributed by atoms with Crippen molar-refractivity contribution >= 4 is 29.1 Å². The number of halogens is 1. The number of carbonyl (C=O) groups is 2. The average molecular weight is 350 g/mol. The van der Waals surface area contributed by atoms with E-state index < -0.39 is 0 Å². The highest BCUT2D eigenvalue weighted by molar-refractivity contribution is 6.30. The van der Waals surface area contributed by atoms with E-state index in [-0.39, 0.29) is 23.8 Å². The summed E-state index contributed by atoms with van der Waals surface area (Å²) in [6, 6.07) is 7.00. The zero-order valence-electron chi connectivity index (χ0n) is 13.6. The first-order chi connectivity index (χ1) is 11.5. The lowest BCUT2D eigenvalue weighted by Gasteiger charge is -2.27. The molecule has 6 heteroatoms. The smallest absolute Gasteiger partial charge is 0.224 e. The molecule has 4 N–H and O–H groups in total. The van der Waals surface area contributed by atoms with Crippen LogP contribution in [0.5, 0.6) is 0 Å². The third kappa shape index (κ3) is 3.90. The second-order valence-corrected chi connectivity index (χ2v) is 7.32. The number of hydrogen-bond donors (Lipinski definition) is 3. The van der Waals surface area contributed by atoms with Crippen molar-refractivity contribution < 1.29 is 9.59 Å². The topological polar surface area (TPSA) is 84.2 Å². The molecule has 2 fully saturated rings. The molecule has 2 bridgehead atoms. The van der Waals surface area contributed by atoms with Gasteiger partial charge in [0.15, 0.2) is 0 Å². The molecular weight excluding hydrogens is 326 g/mol. The highest BCUT2D eigenvalue weighted by Gasteiger charge is 2.48. The predicted molar refractivity (Wildman–Crippen MR) is 94.6 cm³/mol. The largest absolute Gasteiger partial charge is 0.356 e. The molecule has 0 saturated heterocycles. The van der Waals surface area contributed by atoms with E-state index in [9.17, 15) is 9.59 Å². The first kappa shape index (κ1) is 17.2. The van der Waals surface area contributed by atoms with E-state index in [2.05, 4.69) is 10.6 Å². The summed E-state index contributed by atoms with van der Waals surface area (Å²) in [5.41, 5.74) is 6.90. The normalized spacial score (nSPS) is 27.9. The summed E-state index contributed by atoms with van der Waals surface area (Å²) < 4.78 is 0. The molecule has 2 aliphatic rings. The molecule has 0 aliphatic heterocycles. The Hall–Kier alpha value is -1.59. The fourth-order valence-electron chi connectivity index (χ4n) is 4.06. The Morgan fingerprint density at radius 2 is 1.88 bits per heavy atom. The molecule has 0 spiro atoms. The van der Waals surface area contributed by atoms with Crippen molar-refractivity contribution in [2.24, 2.45) is 23.5 Å². The van der Waals surface area contributed by atoms with Crippen LogP contribution in [0, 0.1) is 17.8 Å². The molecule has 1 aromatic carbocycles. The van der Waals surface area contributed by atoms with Gasteiger partial charge in [-0.05, 0) is 61.8 Å². The minimum Gasteiger partial charge on any atom is -0.356 e. The van der Waals surface area contributed by atoms with Gasteiger partial charge in [0.05, 0.1) is 5.92 Å². The molecular formula is C18H24ClN3O2. The number of rotatable bonds is 6. The van der Waals surface area contributed by atoms with E-state index in [0.29, 0.717) is 36.2 Å². The van der Waals surface area contributed by atoms with Crippen LogP contribution in [0.1, 0.15) is 32.1 Å². The Labute approximate surface area is 147 Å². The molecule has 3 rings (SSSR count). The van der Waals surface area contributed by atoms with Gasteiger partial charge in [0.2, 0.25) is 11.8 Å². The van der Waals surface area contributed by atoms with Crippen molar-refractivity contribution in [1.82, 2.24) is 5.32 Å². The molecule has 5 nitrogen and oxygen atoms in total. The standard InChI is InChI=1S/C18H24ClN3O2/c19-13-5-7-14(8-6-13)22-15(23)2-1-9-21-18(24)16-11-3-4-12(10-11)17(16)20/h5-8,11-12,16-17H,1-4,9-10,20H2,(H,21,24)(H,22,23). The van der Waals surface area contributed by atoms with Crippen LogP contribution >= 0.6 is 11.6 Å². The second-order valence-electron chi connectivity index (χ2n) is 6.89. The molecule has 1 aromatic rings. The number of carbonyl (C=O) groups excluding carboxylic acids is 2. The highest BCUT2D eigenvalue weighted by atomic mass is 35.5. The summed E-state index contributed by atoms with van der Waals surface area (Å²) in [5, 5.41) is 6.40. The maximum atomic E-state index is 12.3. The zero-order chi connectivity index (χ0) is 17.1. The van der Waals surface area contributed by atoms with E-state index in [4.69, 9.17) is 17.3 Å². The fourth-order valence-corrected chi connectivity index (χ4v) is 4.19. The number of nitrogens with one attached hydrogen (secondary N) is 2. The van der Waals surface area contributed by atoms with Crippen LogP contribution in [0.15, 0.2) is 24.3 Å². The van der Waals surface area contributed by atoms with E-state index >= 15 is 0 Å². The maximum absolute atomic E-state index is 12.3. The van der Waals surface area contributed by atoms with E-state index in [0.717, 1.165) is 18.5 Å². The maximum Gasteiger partial charge on any atom is 0.224 e. The quantitative estimate of drug-likeness (QED) is 0.690. The molecule has 2 amide bonds. The van der Waals surface area contributed by atoms with Crippen LogP contribution in [0.4, 0.5) is 5.69 Å². The fraction of sp³-hybridized carbons (Fsp3) is 0.556. The lowest BCUT2D eigenvalue weighted by atomic mass is 9.84. The van der Waals surface area contributed by atoms with Gasteiger partial charge in [-0.15, -0.1) is 0 Å². The minimum atomic E-state index is -0.0665. The Bertz CT molecular complexity index is 603. The van der Waals surface area contributed by atoms with Crippen LogP contribution in [0.25, 0.3) is 0 Å². The SMILES string of the molecule is NC1C2CCC(C2)C1C(=O)NCCCC(=O)Nc1ccc(Cl)cc1. The van der Waals surface area contributed by atoms with Crippen molar-refractivity contribution in [3.63, 3.8) is 0 Å². The van der Waals surface area contributed by atoms with Crippen molar-refractivity contribution in [3.05, 3.63) is 29.3 Å². The first-order valence-corrected chi connectivity index (χ1v) is 9.01. The van der Waals surface area contributed by atoms with Gasteiger partial charge in [0.1, 0.15) is 0 Å². The van der Waals surface area contributed by atoms with Gasteiger partial charge >= 0.3 is 0 Å².